The minimum absolute atomic E-state index is 0.177. The standard InChI is InChI=1S/C19H22N2O4/c1-13-8-9-15(18(23)25-2)11-17(13)21-19(24)20-16(12-22)10-14-6-4-3-5-7-14/h3-9,11,16,22H,10,12H2,1-2H3,(H2,20,21,24)/t16-/m1/s1. The molecule has 0 spiro atoms. The van der Waals surface area contributed by atoms with E-state index in [1.807, 2.05) is 37.3 Å². The first-order valence-electron chi connectivity index (χ1n) is 7.94. The van der Waals surface area contributed by atoms with Crippen LogP contribution < -0.4 is 10.6 Å². The molecule has 0 bridgehead atoms. The van der Waals surface area contributed by atoms with Crippen molar-refractivity contribution >= 4 is 17.7 Å². The number of methoxy groups -OCH3 is 1. The largest absolute Gasteiger partial charge is 0.465 e. The maximum Gasteiger partial charge on any atom is 0.337 e. The number of aryl methyl sites for hydroxylation is 1. The summed E-state index contributed by atoms with van der Waals surface area (Å²) < 4.78 is 4.68. The number of rotatable bonds is 6. The number of anilines is 1. The van der Waals surface area contributed by atoms with Crippen molar-refractivity contribution in [2.24, 2.45) is 0 Å². The number of hydrogen-bond donors (Lipinski definition) is 3. The van der Waals surface area contributed by atoms with E-state index in [1.165, 1.54) is 7.11 Å². The fraction of sp³-hybridized carbons (Fsp3) is 0.263. The molecule has 2 amide bonds. The highest BCUT2D eigenvalue weighted by molar-refractivity contribution is 5.94. The maximum absolute atomic E-state index is 12.2. The van der Waals surface area contributed by atoms with Crippen molar-refractivity contribution in [3.05, 3.63) is 65.2 Å². The highest BCUT2D eigenvalue weighted by Crippen LogP contribution is 2.17. The molecule has 2 aromatic carbocycles. The zero-order chi connectivity index (χ0) is 18.2. The summed E-state index contributed by atoms with van der Waals surface area (Å²) in [6, 6.07) is 13.7. The molecule has 25 heavy (non-hydrogen) atoms. The Balaban J connectivity index is 2.02. The average molecular weight is 342 g/mol. The summed E-state index contributed by atoms with van der Waals surface area (Å²) in [6.07, 6.45) is 0.520. The Morgan fingerprint density at radius 2 is 1.88 bits per heavy atom. The van der Waals surface area contributed by atoms with Gasteiger partial charge in [0, 0.05) is 5.69 Å². The van der Waals surface area contributed by atoms with Crippen LogP contribution in [-0.4, -0.2) is 36.9 Å². The number of aliphatic hydroxyl groups excluding tert-OH is 1. The first kappa shape index (κ1) is 18.5. The molecule has 0 aliphatic heterocycles. The van der Waals surface area contributed by atoms with Crippen LogP contribution in [0.1, 0.15) is 21.5 Å². The fourth-order valence-electron chi connectivity index (χ4n) is 2.41. The van der Waals surface area contributed by atoms with Crippen LogP contribution in [0.3, 0.4) is 0 Å². The van der Waals surface area contributed by atoms with Gasteiger partial charge in [0.05, 0.1) is 25.3 Å². The van der Waals surface area contributed by atoms with Gasteiger partial charge in [-0.2, -0.15) is 0 Å². The smallest absolute Gasteiger partial charge is 0.337 e. The summed E-state index contributed by atoms with van der Waals surface area (Å²) >= 11 is 0. The van der Waals surface area contributed by atoms with E-state index in [0.717, 1.165) is 11.1 Å². The lowest BCUT2D eigenvalue weighted by Crippen LogP contribution is -2.41. The fourth-order valence-corrected chi connectivity index (χ4v) is 2.41. The molecule has 0 radical (unpaired) electrons. The molecule has 2 rings (SSSR count). The number of ether oxygens (including phenoxy) is 1. The van der Waals surface area contributed by atoms with Crippen LogP contribution in [-0.2, 0) is 11.2 Å². The zero-order valence-electron chi connectivity index (χ0n) is 14.3. The van der Waals surface area contributed by atoms with Crippen LogP contribution in [0.25, 0.3) is 0 Å². The molecule has 6 heteroatoms. The molecule has 0 fully saturated rings. The van der Waals surface area contributed by atoms with Gasteiger partial charge in [-0.3, -0.25) is 0 Å². The second-order valence-electron chi connectivity index (χ2n) is 5.69. The number of hydrogen-bond acceptors (Lipinski definition) is 4. The minimum Gasteiger partial charge on any atom is -0.465 e. The lowest BCUT2D eigenvalue weighted by Gasteiger charge is -2.18. The molecular weight excluding hydrogens is 320 g/mol. The number of carbonyl (C=O) groups excluding carboxylic acids is 2. The van der Waals surface area contributed by atoms with E-state index in [0.29, 0.717) is 17.7 Å². The first-order chi connectivity index (χ1) is 12.0. The molecule has 2 aromatic rings. The second kappa shape index (κ2) is 8.84. The normalized spacial score (nSPS) is 11.5. The number of urea groups is 1. The van der Waals surface area contributed by atoms with Crippen LogP contribution in [0.4, 0.5) is 10.5 Å². The van der Waals surface area contributed by atoms with Gasteiger partial charge in [-0.15, -0.1) is 0 Å². The third-order valence-corrected chi connectivity index (χ3v) is 3.79. The van der Waals surface area contributed by atoms with E-state index in [-0.39, 0.29) is 6.61 Å². The Labute approximate surface area is 146 Å². The Morgan fingerprint density at radius 3 is 2.52 bits per heavy atom. The molecule has 0 saturated heterocycles. The molecule has 0 aliphatic rings. The molecule has 6 nitrogen and oxygen atoms in total. The van der Waals surface area contributed by atoms with E-state index < -0.39 is 18.0 Å². The van der Waals surface area contributed by atoms with Gasteiger partial charge in [0.15, 0.2) is 0 Å². The number of carbonyl (C=O) groups is 2. The third kappa shape index (κ3) is 5.32. The van der Waals surface area contributed by atoms with E-state index in [1.54, 1.807) is 18.2 Å². The number of esters is 1. The van der Waals surface area contributed by atoms with Crippen LogP contribution in [0.2, 0.25) is 0 Å². The van der Waals surface area contributed by atoms with Crippen molar-refractivity contribution in [2.75, 3.05) is 19.0 Å². The molecule has 132 valence electrons. The number of benzene rings is 2. The molecule has 0 aliphatic carbocycles. The van der Waals surface area contributed by atoms with Gasteiger partial charge < -0.3 is 20.5 Å². The SMILES string of the molecule is COC(=O)c1ccc(C)c(NC(=O)N[C@@H](CO)Cc2ccccc2)c1. The van der Waals surface area contributed by atoms with Crippen molar-refractivity contribution in [3.8, 4) is 0 Å². The highest BCUT2D eigenvalue weighted by Gasteiger charge is 2.14. The van der Waals surface area contributed by atoms with E-state index in [2.05, 4.69) is 15.4 Å². The molecule has 0 unspecified atom stereocenters. The summed E-state index contributed by atoms with van der Waals surface area (Å²) in [7, 11) is 1.30. The average Bonchev–Trinajstić information content (AvgIpc) is 2.63. The summed E-state index contributed by atoms with van der Waals surface area (Å²) in [5.74, 6) is -0.472. The molecule has 1 atom stereocenters. The monoisotopic (exact) mass is 342 g/mol. The molecule has 0 aromatic heterocycles. The summed E-state index contributed by atoms with van der Waals surface area (Å²) in [5, 5.41) is 15.0. The summed E-state index contributed by atoms with van der Waals surface area (Å²) in [6.45, 7) is 1.65. The van der Waals surface area contributed by atoms with Gasteiger partial charge in [0.2, 0.25) is 0 Å². The van der Waals surface area contributed by atoms with Crippen molar-refractivity contribution < 1.29 is 19.4 Å². The summed E-state index contributed by atoms with van der Waals surface area (Å²) in [4.78, 5) is 23.8. The first-order valence-corrected chi connectivity index (χ1v) is 7.94. The van der Waals surface area contributed by atoms with Crippen LogP contribution in [0.15, 0.2) is 48.5 Å². The number of aliphatic hydroxyl groups is 1. The van der Waals surface area contributed by atoms with E-state index in [4.69, 9.17) is 0 Å². The summed E-state index contributed by atoms with van der Waals surface area (Å²) in [5.41, 5.74) is 2.69. The maximum atomic E-state index is 12.2. The Bertz CT molecular complexity index is 731. The van der Waals surface area contributed by atoms with Gasteiger partial charge >= 0.3 is 12.0 Å². The van der Waals surface area contributed by atoms with Gasteiger partial charge in [0.1, 0.15) is 0 Å². The number of nitrogens with one attached hydrogen (secondary N) is 2. The van der Waals surface area contributed by atoms with Crippen molar-refractivity contribution in [3.63, 3.8) is 0 Å². The number of amides is 2. The van der Waals surface area contributed by atoms with Gasteiger partial charge in [-0.05, 0) is 36.6 Å². The molecular formula is C19H22N2O4. The van der Waals surface area contributed by atoms with Crippen molar-refractivity contribution in [1.29, 1.82) is 0 Å². The Morgan fingerprint density at radius 1 is 1.16 bits per heavy atom. The molecule has 0 saturated carbocycles. The highest BCUT2D eigenvalue weighted by atomic mass is 16.5. The minimum atomic E-state index is -0.472. The molecule has 3 N–H and O–H groups in total. The van der Waals surface area contributed by atoms with E-state index in [9.17, 15) is 14.7 Å². The van der Waals surface area contributed by atoms with Gasteiger partial charge in [-0.1, -0.05) is 36.4 Å². The zero-order valence-corrected chi connectivity index (χ0v) is 14.3. The third-order valence-electron chi connectivity index (χ3n) is 3.79. The van der Waals surface area contributed by atoms with Crippen LogP contribution >= 0.6 is 0 Å². The topological polar surface area (TPSA) is 87.7 Å². The lowest BCUT2D eigenvalue weighted by molar-refractivity contribution is 0.0600. The Kier molecular flexibility index (Phi) is 6.54. The van der Waals surface area contributed by atoms with Crippen LogP contribution in [0, 0.1) is 6.92 Å². The lowest BCUT2D eigenvalue weighted by atomic mass is 10.1. The van der Waals surface area contributed by atoms with Crippen molar-refractivity contribution in [2.45, 2.75) is 19.4 Å². The Hall–Kier alpha value is -2.86. The van der Waals surface area contributed by atoms with Crippen molar-refractivity contribution in [1.82, 2.24) is 5.32 Å². The predicted molar refractivity (Wildman–Crippen MR) is 95.7 cm³/mol. The second-order valence-corrected chi connectivity index (χ2v) is 5.69. The van der Waals surface area contributed by atoms with Gasteiger partial charge in [0.25, 0.3) is 0 Å². The predicted octanol–water partition coefficient (Wildman–Crippen LogP) is 2.51. The molecule has 0 heterocycles. The van der Waals surface area contributed by atoms with E-state index >= 15 is 0 Å². The van der Waals surface area contributed by atoms with Gasteiger partial charge in [-0.25, -0.2) is 9.59 Å². The quantitative estimate of drug-likeness (QED) is 0.704. The van der Waals surface area contributed by atoms with Crippen LogP contribution in [0.5, 0.6) is 0 Å².